The van der Waals surface area contributed by atoms with Gasteiger partial charge >= 0.3 is 0 Å². The predicted molar refractivity (Wildman–Crippen MR) is 93.0 cm³/mol. The van der Waals surface area contributed by atoms with E-state index < -0.39 is 10.0 Å². The van der Waals surface area contributed by atoms with Crippen LogP contribution in [0.5, 0.6) is 5.75 Å². The molecule has 4 rings (SSSR count). The highest BCUT2D eigenvalue weighted by molar-refractivity contribution is 7.93. The molecule has 0 saturated heterocycles. The van der Waals surface area contributed by atoms with E-state index in [1.54, 1.807) is 37.3 Å². The molecule has 7 nitrogen and oxygen atoms in total. The molecule has 1 aromatic heterocycles. The summed E-state index contributed by atoms with van der Waals surface area (Å²) in [5.74, 6) is 0.0533. The molecule has 0 aliphatic carbocycles. The summed E-state index contributed by atoms with van der Waals surface area (Å²) in [6.45, 7) is 1.80. The van der Waals surface area contributed by atoms with Crippen LogP contribution in [0.15, 0.2) is 58.1 Å². The van der Waals surface area contributed by atoms with Crippen molar-refractivity contribution in [1.29, 1.82) is 0 Å². The third kappa shape index (κ3) is 2.56. The average Bonchev–Trinajstić information content (AvgIpc) is 3.05. The van der Waals surface area contributed by atoms with Gasteiger partial charge < -0.3 is 5.11 Å². The number of aromatic hydroxyl groups is 1. The molecule has 0 bridgehead atoms. The van der Waals surface area contributed by atoms with Gasteiger partial charge in [0.1, 0.15) is 16.2 Å². The van der Waals surface area contributed by atoms with Crippen molar-refractivity contribution in [1.82, 2.24) is 10.3 Å². The molecule has 0 radical (unpaired) electrons. The lowest BCUT2D eigenvalue weighted by atomic mass is 10.1. The molecule has 0 spiro atoms. The number of nitrogens with zero attached hydrogens (tertiary/aromatic N) is 2. The fourth-order valence-corrected chi connectivity index (χ4v) is 3.95. The Labute approximate surface area is 142 Å². The molecular formula is C17H13N3O4S. The van der Waals surface area contributed by atoms with Crippen molar-refractivity contribution in [3.63, 3.8) is 0 Å². The third-order valence-electron chi connectivity index (χ3n) is 3.98. The molecular weight excluding hydrogens is 342 g/mol. The molecule has 0 atom stereocenters. The molecule has 25 heavy (non-hydrogen) atoms. The summed E-state index contributed by atoms with van der Waals surface area (Å²) in [5.41, 5.74) is 1.71. The van der Waals surface area contributed by atoms with E-state index in [1.165, 1.54) is 12.1 Å². The molecule has 2 N–H and O–H groups in total. The smallest absolute Gasteiger partial charge is 0.264 e. The summed E-state index contributed by atoms with van der Waals surface area (Å²) >= 11 is 0. The first-order valence-corrected chi connectivity index (χ1v) is 8.90. The molecule has 0 fully saturated rings. The van der Waals surface area contributed by atoms with Gasteiger partial charge in [0.05, 0.1) is 5.69 Å². The van der Waals surface area contributed by atoms with E-state index >= 15 is 0 Å². The Morgan fingerprint density at radius 3 is 2.68 bits per heavy atom. The zero-order valence-electron chi connectivity index (χ0n) is 13.1. The number of fused-ring (bicyclic) bond motifs is 2. The van der Waals surface area contributed by atoms with Crippen molar-refractivity contribution < 1.29 is 18.2 Å². The number of sulfonamides is 1. The minimum atomic E-state index is -3.93. The standard InChI is InChI=1S/C17H13N3O4S/c1-10-5-8-15(17-16(10)18-24-19-17)25(22,23)20-14-4-2-3-11-6-7-12(21)9-13(11)14/h2-9,20-21H,1H3. The van der Waals surface area contributed by atoms with Crippen LogP contribution in [0, 0.1) is 6.92 Å². The van der Waals surface area contributed by atoms with Crippen LogP contribution in [-0.4, -0.2) is 23.8 Å². The number of hydrogen-bond donors (Lipinski definition) is 2. The normalized spacial score (nSPS) is 11.9. The van der Waals surface area contributed by atoms with Crippen LogP contribution < -0.4 is 4.72 Å². The predicted octanol–water partition coefficient (Wildman–Crippen LogP) is 3.19. The van der Waals surface area contributed by atoms with Crippen molar-refractivity contribution >= 4 is 37.5 Å². The first kappa shape index (κ1) is 15.4. The molecule has 0 aliphatic rings. The fraction of sp³-hybridized carbons (Fsp3) is 0.0588. The number of nitrogens with one attached hydrogen (secondary N) is 1. The number of aryl methyl sites for hydroxylation is 1. The van der Waals surface area contributed by atoms with Gasteiger partial charge in [-0.15, -0.1) is 0 Å². The molecule has 0 amide bonds. The largest absolute Gasteiger partial charge is 0.508 e. The molecule has 0 unspecified atom stereocenters. The van der Waals surface area contributed by atoms with Crippen LogP contribution in [-0.2, 0) is 10.0 Å². The Kier molecular flexibility index (Phi) is 3.36. The number of rotatable bonds is 3. The van der Waals surface area contributed by atoms with Gasteiger partial charge in [0.25, 0.3) is 10.0 Å². The van der Waals surface area contributed by atoms with E-state index in [0.717, 1.165) is 10.9 Å². The number of benzene rings is 3. The Balaban J connectivity index is 1.86. The lowest BCUT2D eigenvalue weighted by Gasteiger charge is -2.11. The second-order valence-corrected chi connectivity index (χ2v) is 7.31. The van der Waals surface area contributed by atoms with E-state index in [4.69, 9.17) is 4.63 Å². The van der Waals surface area contributed by atoms with Crippen LogP contribution in [0.2, 0.25) is 0 Å². The van der Waals surface area contributed by atoms with Crippen molar-refractivity contribution in [2.75, 3.05) is 4.72 Å². The minimum absolute atomic E-state index is 0.0218. The van der Waals surface area contributed by atoms with Gasteiger partial charge in [0.15, 0.2) is 5.52 Å². The van der Waals surface area contributed by atoms with Gasteiger partial charge in [-0.2, -0.15) is 0 Å². The van der Waals surface area contributed by atoms with Gasteiger partial charge in [0.2, 0.25) is 0 Å². The summed E-state index contributed by atoms with van der Waals surface area (Å²) in [6, 6.07) is 13.1. The molecule has 8 heteroatoms. The van der Waals surface area contributed by atoms with Crippen LogP contribution in [0.3, 0.4) is 0 Å². The maximum atomic E-state index is 12.9. The van der Waals surface area contributed by atoms with Gasteiger partial charge in [-0.1, -0.05) is 24.3 Å². The number of phenolic OH excluding ortho intramolecular Hbond substituents is 1. The summed E-state index contributed by atoms with van der Waals surface area (Å²) in [4.78, 5) is -0.0218. The lowest BCUT2D eigenvalue weighted by molar-refractivity contribution is 0.315. The fourth-order valence-electron chi connectivity index (χ4n) is 2.73. The summed E-state index contributed by atoms with van der Waals surface area (Å²) < 4.78 is 33.0. The molecule has 4 aromatic rings. The third-order valence-corrected chi connectivity index (χ3v) is 5.38. The zero-order chi connectivity index (χ0) is 17.6. The number of aromatic nitrogens is 2. The summed E-state index contributed by atoms with van der Waals surface area (Å²) in [6.07, 6.45) is 0. The van der Waals surface area contributed by atoms with Gasteiger partial charge in [-0.05, 0) is 52.5 Å². The van der Waals surface area contributed by atoms with Crippen LogP contribution in [0.4, 0.5) is 5.69 Å². The Bertz CT molecular complexity index is 1220. The summed E-state index contributed by atoms with van der Waals surface area (Å²) in [5, 5.41) is 18.6. The first-order chi connectivity index (χ1) is 12.0. The SMILES string of the molecule is Cc1ccc(S(=O)(=O)Nc2cccc3ccc(O)cc23)c2nonc12. The Morgan fingerprint density at radius 1 is 1.04 bits per heavy atom. The second-order valence-electron chi connectivity index (χ2n) is 5.66. The van der Waals surface area contributed by atoms with Gasteiger partial charge in [-0.3, -0.25) is 4.72 Å². The van der Waals surface area contributed by atoms with E-state index in [1.807, 2.05) is 6.07 Å². The molecule has 0 saturated carbocycles. The molecule has 1 heterocycles. The average molecular weight is 355 g/mol. The Hall–Kier alpha value is -3.13. The summed E-state index contributed by atoms with van der Waals surface area (Å²) in [7, 11) is -3.93. The van der Waals surface area contributed by atoms with Crippen LogP contribution in [0.25, 0.3) is 21.8 Å². The van der Waals surface area contributed by atoms with Crippen molar-refractivity contribution in [2.24, 2.45) is 0 Å². The maximum Gasteiger partial charge on any atom is 0.264 e. The van der Waals surface area contributed by atoms with Crippen molar-refractivity contribution in [2.45, 2.75) is 11.8 Å². The van der Waals surface area contributed by atoms with Crippen molar-refractivity contribution in [3.8, 4) is 5.75 Å². The lowest BCUT2D eigenvalue weighted by Crippen LogP contribution is -2.14. The minimum Gasteiger partial charge on any atom is -0.508 e. The maximum absolute atomic E-state index is 12.9. The van der Waals surface area contributed by atoms with E-state index in [-0.39, 0.29) is 16.2 Å². The quantitative estimate of drug-likeness (QED) is 0.585. The topological polar surface area (TPSA) is 105 Å². The number of hydrogen-bond acceptors (Lipinski definition) is 6. The second kappa shape index (κ2) is 5.45. The molecule has 0 aliphatic heterocycles. The zero-order valence-corrected chi connectivity index (χ0v) is 13.9. The molecule has 126 valence electrons. The Morgan fingerprint density at radius 2 is 1.84 bits per heavy atom. The monoisotopic (exact) mass is 355 g/mol. The van der Waals surface area contributed by atoms with Gasteiger partial charge in [0, 0.05) is 5.39 Å². The van der Waals surface area contributed by atoms with Crippen molar-refractivity contribution in [3.05, 3.63) is 54.1 Å². The highest BCUT2D eigenvalue weighted by Crippen LogP contribution is 2.30. The highest BCUT2D eigenvalue weighted by atomic mass is 32.2. The molecule has 3 aromatic carbocycles. The van der Waals surface area contributed by atoms with Gasteiger partial charge in [-0.25, -0.2) is 13.0 Å². The highest BCUT2D eigenvalue weighted by Gasteiger charge is 2.22. The van der Waals surface area contributed by atoms with E-state index in [2.05, 4.69) is 15.0 Å². The van der Waals surface area contributed by atoms with E-state index in [0.29, 0.717) is 16.6 Å². The van der Waals surface area contributed by atoms with Crippen LogP contribution in [0.1, 0.15) is 5.56 Å². The first-order valence-electron chi connectivity index (χ1n) is 7.42. The number of anilines is 1. The number of phenols is 1. The van der Waals surface area contributed by atoms with Crippen LogP contribution >= 0.6 is 0 Å². The van der Waals surface area contributed by atoms with E-state index in [9.17, 15) is 13.5 Å².